The zero-order valence-corrected chi connectivity index (χ0v) is 14.3. The third-order valence-electron chi connectivity index (χ3n) is 4.06. The number of hydrogen-bond acceptors (Lipinski definition) is 4. The van der Waals surface area contributed by atoms with Crippen molar-refractivity contribution >= 4 is 17.0 Å². The van der Waals surface area contributed by atoms with Crippen LogP contribution in [0.1, 0.15) is 16.7 Å². The summed E-state index contributed by atoms with van der Waals surface area (Å²) in [5, 5.41) is 9.05. The van der Waals surface area contributed by atoms with Gasteiger partial charge in [-0.05, 0) is 34.0 Å². The Morgan fingerprint density at radius 2 is 1.63 bits per heavy atom. The SMILES string of the molecule is NN=Cc1ccc(CNCc2ccc(OC(F)(F)F)cc2)c2ccccc12. The average molecular weight is 373 g/mol. The Labute approximate surface area is 154 Å². The second-order valence-corrected chi connectivity index (χ2v) is 5.93. The van der Waals surface area contributed by atoms with E-state index in [1.165, 1.54) is 12.1 Å². The highest BCUT2D eigenvalue weighted by Gasteiger charge is 2.30. The van der Waals surface area contributed by atoms with Crippen molar-refractivity contribution in [3.05, 3.63) is 77.4 Å². The number of nitrogens with zero attached hydrogens (tertiary/aromatic N) is 1. The Balaban J connectivity index is 1.66. The van der Waals surface area contributed by atoms with Crippen LogP contribution in [0.15, 0.2) is 65.8 Å². The zero-order chi connectivity index (χ0) is 19.3. The molecule has 0 spiro atoms. The molecule has 0 amide bonds. The minimum atomic E-state index is -4.68. The van der Waals surface area contributed by atoms with Gasteiger partial charge in [0, 0.05) is 18.7 Å². The van der Waals surface area contributed by atoms with Crippen LogP contribution in [0.2, 0.25) is 0 Å². The number of rotatable bonds is 6. The first-order chi connectivity index (χ1) is 13.0. The van der Waals surface area contributed by atoms with Crippen LogP contribution >= 0.6 is 0 Å². The van der Waals surface area contributed by atoms with Crippen molar-refractivity contribution in [2.24, 2.45) is 10.9 Å². The molecule has 0 atom stereocenters. The van der Waals surface area contributed by atoms with Gasteiger partial charge < -0.3 is 15.9 Å². The summed E-state index contributed by atoms with van der Waals surface area (Å²) < 4.78 is 40.4. The second-order valence-electron chi connectivity index (χ2n) is 5.93. The fourth-order valence-electron chi connectivity index (χ4n) is 2.88. The molecule has 0 radical (unpaired) electrons. The van der Waals surface area contributed by atoms with Gasteiger partial charge in [-0.3, -0.25) is 0 Å². The molecule has 0 aromatic heterocycles. The maximum absolute atomic E-state index is 12.2. The van der Waals surface area contributed by atoms with Crippen molar-refractivity contribution in [2.75, 3.05) is 0 Å². The Kier molecular flexibility index (Phi) is 5.61. The van der Waals surface area contributed by atoms with Crippen LogP contribution in [0.4, 0.5) is 13.2 Å². The molecule has 3 N–H and O–H groups in total. The zero-order valence-electron chi connectivity index (χ0n) is 14.3. The van der Waals surface area contributed by atoms with Gasteiger partial charge in [0.15, 0.2) is 0 Å². The van der Waals surface area contributed by atoms with Crippen molar-refractivity contribution in [3.8, 4) is 5.75 Å². The van der Waals surface area contributed by atoms with Gasteiger partial charge in [-0.25, -0.2) is 0 Å². The topological polar surface area (TPSA) is 59.6 Å². The molecule has 0 aliphatic heterocycles. The van der Waals surface area contributed by atoms with Crippen LogP contribution in [0.3, 0.4) is 0 Å². The van der Waals surface area contributed by atoms with Gasteiger partial charge in [0.1, 0.15) is 5.75 Å². The van der Waals surface area contributed by atoms with Crippen LogP contribution < -0.4 is 15.9 Å². The first kappa shape index (κ1) is 18.7. The number of nitrogens with one attached hydrogen (secondary N) is 1. The molecule has 3 aromatic rings. The quantitative estimate of drug-likeness (QED) is 0.384. The van der Waals surface area contributed by atoms with Crippen LogP contribution in [-0.4, -0.2) is 12.6 Å². The maximum Gasteiger partial charge on any atom is 0.573 e. The van der Waals surface area contributed by atoms with Crippen LogP contribution in [0.5, 0.6) is 5.75 Å². The van der Waals surface area contributed by atoms with Gasteiger partial charge in [0.05, 0.1) is 6.21 Å². The van der Waals surface area contributed by atoms with Gasteiger partial charge in [0.2, 0.25) is 0 Å². The predicted octanol–water partition coefficient (Wildman–Crippen LogP) is 4.32. The van der Waals surface area contributed by atoms with Crippen molar-refractivity contribution in [2.45, 2.75) is 19.5 Å². The number of alkyl halides is 3. The largest absolute Gasteiger partial charge is 0.573 e. The second kappa shape index (κ2) is 8.09. The summed E-state index contributed by atoms with van der Waals surface area (Å²) in [4.78, 5) is 0. The van der Waals surface area contributed by atoms with Crippen molar-refractivity contribution in [1.82, 2.24) is 5.32 Å². The minimum Gasteiger partial charge on any atom is -0.406 e. The smallest absolute Gasteiger partial charge is 0.406 e. The minimum absolute atomic E-state index is 0.227. The van der Waals surface area contributed by atoms with E-state index in [1.807, 2.05) is 36.4 Å². The molecule has 0 saturated heterocycles. The van der Waals surface area contributed by atoms with E-state index in [9.17, 15) is 13.2 Å². The van der Waals surface area contributed by atoms with Gasteiger partial charge in [0.25, 0.3) is 0 Å². The Bertz CT molecular complexity index is 937. The lowest BCUT2D eigenvalue weighted by Gasteiger charge is -2.11. The molecule has 4 nitrogen and oxygen atoms in total. The summed E-state index contributed by atoms with van der Waals surface area (Å²) in [5.74, 6) is 5.04. The van der Waals surface area contributed by atoms with E-state index in [1.54, 1.807) is 18.3 Å². The summed E-state index contributed by atoms with van der Waals surface area (Å²) in [7, 11) is 0. The van der Waals surface area contributed by atoms with E-state index in [4.69, 9.17) is 5.84 Å². The number of halogens is 3. The summed E-state index contributed by atoms with van der Waals surface area (Å²) in [6.07, 6.45) is -3.06. The van der Waals surface area contributed by atoms with Crippen LogP contribution in [-0.2, 0) is 13.1 Å². The van der Waals surface area contributed by atoms with E-state index >= 15 is 0 Å². The molecule has 0 aliphatic rings. The maximum atomic E-state index is 12.2. The lowest BCUT2D eigenvalue weighted by Crippen LogP contribution is -2.17. The summed E-state index contributed by atoms with van der Waals surface area (Å²) >= 11 is 0. The number of hydrazone groups is 1. The molecular weight excluding hydrogens is 355 g/mol. The Hall–Kier alpha value is -3.06. The number of ether oxygens (including phenoxy) is 1. The normalized spacial score (nSPS) is 12.0. The van der Waals surface area contributed by atoms with Gasteiger partial charge >= 0.3 is 6.36 Å². The molecule has 140 valence electrons. The van der Waals surface area contributed by atoms with E-state index in [0.717, 1.165) is 27.5 Å². The fourth-order valence-corrected chi connectivity index (χ4v) is 2.88. The van der Waals surface area contributed by atoms with Crippen molar-refractivity contribution < 1.29 is 17.9 Å². The highest BCUT2D eigenvalue weighted by molar-refractivity contribution is 6.01. The molecule has 27 heavy (non-hydrogen) atoms. The number of fused-ring (bicyclic) bond motifs is 1. The first-order valence-corrected chi connectivity index (χ1v) is 8.25. The predicted molar refractivity (Wildman–Crippen MR) is 99.4 cm³/mol. The van der Waals surface area contributed by atoms with Crippen LogP contribution in [0.25, 0.3) is 10.8 Å². The van der Waals surface area contributed by atoms with Crippen molar-refractivity contribution in [3.63, 3.8) is 0 Å². The number of hydrogen-bond donors (Lipinski definition) is 2. The molecule has 0 aliphatic carbocycles. The molecule has 0 heterocycles. The molecule has 0 bridgehead atoms. The summed E-state index contributed by atoms with van der Waals surface area (Å²) in [6.45, 7) is 1.13. The highest BCUT2D eigenvalue weighted by Crippen LogP contribution is 2.24. The lowest BCUT2D eigenvalue weighted by atomic mass is 10.00. The molecule has 3 rings (SSSR count). The third kappa shape index (κ3) is 4.98. The number of benzene rings is 3. The highest BCUT2D eigenvalue weighted by atomic mass is 19.4. The van der Waals surface area contributed by atoms with E-state index in [0.29, 0.717) is 13.1 Å². The Morgan fingerprint density at radius 3 is 2.30 bits per heavy atom. The molecule has 7 heteroatoms. The van der Waals surface area contributed by atoms with Crippen molar-refractivity contribution in [1.29, 1.82) is 0 Å². The van der Waals surface area contributed by atoms with E-state index in [-0.39, 0.29) is 5.75 Å². The standard InChI is InChI=1S/C20H18F3N3O/c21-20(22,23)27-17-9-5-14(6-10-17)11-25-12-15-7-8-16(13-26-24)19-4-2-1-3-18(15)19/h1-10,13,25H,11-12,24H2. The van der Waals surface area contributed by atoms with Crippen LogP contribution in [0, 0.1) is 0 Å². The molecule has 0 fully saturated rings. The van der Waals surface area contributed by atoms with Gasteiger partial charge in [-0.15, -0.1) is 13.2 Å². The number of nitrogens with two attached hydrogens (primary N) is 1. The third-order valence-corrected chi connectivity index (χ3v) is 4.06. The molecule has 3 aromatic carbocycles. The summed E-state index contributed by atoms with van der Waals surface area (Å²) in [5.41, 5.74) is 2.91. The first-order valence-electron chi connectivity index (χ1n) is 8.25. The van der Waals surface area contributed by atoms with E-state index < -0.39 is 6.36 Å². The monoisotopic (exact) mass is 373 g/mol. The average Bonchev–Trinajstić information content (AvgIpc) is 2.64. The molecular formula is C20H18F3N3O. The Morgan fingerprint density at radius 1 is 0.926 bits per heavy atom. The van der Waals surface area contributed by atoms with E-state index in [2.05, 4.69) is 15.2 Å². The lowest BCUT2D eigenvalue weighted by molar-refractivity contribution is -0.274. The molecule has 0 unspecified atom stereocenters. The van der Waals surface area contributed by atoms with Gasteiger partial charge in [-0.2, -0.15) is 5.10 Å². The fraction of sp³-hybridized carbons (Fsp3) is 0.150. The molecule has 0 saturated carbocycles. The van der Waals surface area contributed by atoms with Gasteiger partial charge in [-0.1, -0.05) is 48.5 Å². The summed E-state index contributed by atoms with van der Waals surface area (Å²) in [6, 6.07) is 17.7.